The Bertz CT molecular complexity index is 748. The van der Waals surface area contributed by atoms with Gasteiger partial charge in [0, 0.05) is 11.8 Å². The predicted molar refractivity (Wildman–Crippen MR) is 82.3 cm³/mol. The molecule has 0 aliphatic heterocycles. The molecule has 1 amide bonds. The number of aromatic nitrogens is 1. The van der Waals surface area contributed by atoms with Gasteiger partial charge in [0.25, 0.3) is 5.56 Å². The first kappa shape index (κ1) is 15.8. The maximum Gasteiger partial charge on any atom is 0.412 e. The minimum absolute atomic E-state index is 0.00893. The Morgan fingerprint density at radius 2 is 2.00 bits per heavy atom. The summed E-state index contributed by atoms with van der Waals surface area (Å²) in [5.74, 6) is -0.647. The van der Waals surface area contributed by atoms with Crippen molar-refractivity contribution in [2.45, 2.75) is 26.4 Å². The van der Waals surface area contributed by atoms with Gasteiger partial charge in [-0.1, -0.05) is 6.07 Å². The Hall–Kier alpha value is -2.63. The van der Waals surface area contributed by atoms with Crippen LogP contribution in [0.1, 0.15) is 20.8 Å². The van der Waals surface area contributed by atoms with Crippen LogP contribution in [-0.2, 0) is 4.74 Å². The Morgan fingerprint density at radius 1 is 1.27 bits per heavy atom. The van der Waals surface area contributed by atoms with Crippen molar-refractivity contribution in [3.05, 3.63) is 52.7 Å². The van der Waals surface area contributed by atoms with Gasteiger partial charge < -0.3 is 9.72 Å². The number of H-pyrrole nitrogens is 1. The van der Waals surface area contributed by atoms with Crippen LogP contribution in [0.2, 0.25) is 0 Å². The summed E-state index contributed by atoms with van der Waals surface area (Å²) in [6.45, 7) is 5.15. The highest BCUT2D eigenvalue weighted by Crippen LogP contribution is 2.22. The lowest BCUT2D eigenvalue weighted by molar-refractivity contribution is 0.0635. The second kappa shape index (κ2) is 6.01. The predicted octanol–water partition coefficient (Wildman–Crippen LogP) is 3.53. The van der Waals surface area contributed by atoms with E-state index in [0.717, 1.165) is 0 Å². The molecule has 5 nitrogen and oxygen atoms in total. The Balaban J connectivity index is 2.22. The van der Waals surface area contributed by atoms with E-state index in [-0.39, 0.29) is 11.2 Å². The van der Waals surface area contributed by atoms with Crippen molar-refractivity contribution in [1.82, 2.24) is 4.98 Å². The van der Waals surface area contributed by atoms with Crippen molar-refractivity contribution in [1.29, 1.82) is 0 Å². The number of carbonyl (C=O) groups excluding carboxylic acids is 1. The van der Waals surface area contributed by atoms with Crippen LogP contribution in [0.4, 0.5) is 14.9 Å². The summed E-state index contributed by atoms with van der Waals surface area (Å²) in [4.78, 5) is 25.8. The molecule has 2 N–H and O–H groups in total. The van der Waals surface area contributed by atoms with Gasteiger partial charge in [0.15, 0.2) is 0 Å². The monoisotopic (exact) mass is 304 g/mol. The largest absolute Gasteiger partial charge is 0.444 e. The summed E-state index contributed by atoms with van der Waals surface area (Å²) in [7, 11) is 0. The van der Waals surface area contributed by atoms with Gasteiger partial charge in [-0.3, -0.25) is 10.1 Å². The summed E-state index contributed by atoms with van der Waals surface area (Å²) >= 11 is 0. The zero-order chi connectivity index (χ0) is 16.3. The highest BCUT2D eigenvalue weighted by Gasteiger charge is 2.17. The van der Waals surface area contributed by atoms with Gasteiger partial charge in [-0.05, 0) is 50.6 Å². The SMILES string of the molecule is CC(C)(C)OC(=O)Nc1ccc(-c2ccc[nH]c2=O)cc1F. The number of halogens is 1. The summed E-state index contributed by atoms with van der Waals surface area (Å²) in [5, 5.41) is 2.34. The number of hydrogen-bond donors (Lipinski definition) is 2. The molecule has 0 aliphatic rings. The maximum atomic E-state index is 14.1. The number of carbonyl (C=O) groups is 1. The van der Waals surface area contributed by atoms with E-state index >= 15 is 0 Å². The van der Waals surface area contributed by atoms with Gasteiger partial charge in [-0.25, -0.2) is 9.18 Å². The fourth-order valence-corrected chi connectivity index (χ4v) is 1.85. The molecule has 0 fully saturated rings. The van der Waals surface area contributed by atoms with E-state index in [1.54, 1.807) is 39.0 Å². The number of nitrogens with one attached hydrogen (secondary N) is 2. The van der Waals surface area contributed by atoms with Crippen molar-refractivity contribution in [2.75, 3.05) is 5.32 Å². The third-order valence-corrected chi connectivity index (χ3v) is 2.73. The molecular weight excluding hydrogens is 287 g/mol. The van der Waals surface area contributed by atoms with Crippen molar-refractivity contribution in [2.24, 2.45) is 0 Å². The number of rotatable bonds is 2. The van der Waals surface area contributed by atoms with Gasteiger partial charge in [-0.15, -0.1) is 0 Å². The lowest BCUT2D eigenvalue weighted by Crippen LogP contribution is -2.27. The minimum atomic E-state index is -0.739. The number of ether oxygens (including phenoxy) is 1. The smallest absolute Gasteiger partial charge is 0.412 e. The van der Waals surface area contributed by atoms with Gasteiger partial charge >= 0.3 is 6.09 Å². The maximum absolute atomic E-state index is 14.1. The van der Waals surface area contributed by atoms with Crippen LogP contribution in [0.3, 0.4) is 0 Å². The first-order valence-electron chi connectivity index (χ1n) is 6.74. The number of amides is 1. The van der Waals surface area contributed by atoms with Crippen molar-refractivity contribution in [3.8, 4) is 11.1 Å². The zero-order valence-electron chi connectivity index (χ0n) is 12.6. The number of benzene rings is 1. The fourth-order valence-electron chi connectivity index (χ4n) is 1.85. The number of aromatic amines is 1. The highest BCUT2D eigenvalue weighted by atomic mass is 19.1. The molecule has 2 rings (SSSR count). The van der Waals surface area contributed by atoms with Gasteiger partial charge in [0.05, 0.1) is 5.69 Å². The van der Waals surface area contributed by atoms with E-state index in [9.17, 15) is 14.0 Å². The molecular formula is C16H17FN2O3. The quantitative estimate of drug-likeness (QED) is 0.891. The van der Waals surface area contributed by atoms with Crippen molar-refractivity contribution < 1.29 is 13.9 Å². The third-order valence-electron chi connectivity index (χ3n) is 2.73. The minimum Gasteiger partial charge on any atom is -0.444 e. The normalized spacial score (nSPS) is 11.1. The van der Waals surface area contributed by atoms with Gasteiger partial charge in [0.1, 0.15) is 11.4 Å². The lowest BCUT2D eigenvalue weighted by atomic mass is 10.1. The molecule has 116 valence electrons. The Labute approximate surface area is 127 Å². The molecule has 0 atom stereocenters. The molecule has 0 unspecified atom stereocenters. The summed E-state index contributed by atoms with van der Waals surface area (Å²) in [5.41, 5.74) is -0.211. The molecule has 0 saturated heterocycles. The van der Waals surface area contributed by atoms with Crippen LogP contribution in [0.25, 0.3) is 11.1 Å². The summed E-state index contributed by atoms with van der Waals surface area (Å²) in [6, 6.07) is 7.38. The molecule has 1 aromatic carbocycles. The van der Waals surface area contributed by atoms with Crippen LogP contribution >= 0.6 is 0 Å². The van der Waals surface area contributed by atoms with Crippen molar-refractivity contribution >= 4 is 11.8 Å². The Morgan fingerprint density at radius 3 is 2.59 bits per heavy atom. The van der Waals surface area contributed by atoms with Crippen LogP contribution in [0.5, 0.6) is 0 Å². The topological polar surface area (TPSA) is 71.2 Å². The van der Waals surface area contributed by atoms with E-state index in [2.05, 4.69) is 10.3 Å². The van der Waals surface area contributed by atoms with Gasteiger partial charge in [0.2, 0.25) is 0 Å². The fraction of sp³-hybridized carbons (Fsp3) is 0.250. The average Bonchev–Trinajstić information content (AvgIpc) is 2.39. The zero-order valence-corrected chi connectivity index (χ0v) is 12.6. The first-order valence-corrected chi connectivity index (χ1v) is 6.74. The lowest BCUT2D eigenvalue weighted by Gasteiger charge is -2.19. The number of pyridine rings is 1. The molecule has 1 heterocycles. The van der Waals surface area contributed by atoms with E-state index in [1.165, 1.54) is 18.3 Å². The summed E-state index contributed by atoms with van der Waals surface area (Å²) < 4.78 is 19.1. The molecule has 1 aromatic heterocycles. The average molecular weight is 304 g/mol. The van der Waals surface area contributed by atoms with Gasteiger partial charge in [-0.2, -0.15) is 0 Å². The number of anilines is 1. The second-order valence-corrected chi connectivity index (χ2v) is 5.73. The van der Waals surface area contributed by atoms with Crippen LogP contribution in [0, 0.1) is 5.82 Å². The second-order valence-electron chi connectivity index (χ2n) is 5.73. The molecule has 0 saturated carbocycles. The third kappa shape index (κ3) is 3.94. The van der Waals surface area contributed by atoms with Crippen molar-refractivity contribution in [3.63, 3.8) is 0 Å². The molecule has 6 heteroatoms. The molecule has 2 aromatic rings. The first-order chi connectivity index (χ1) is 10.3. The highest BCUT2D eigenvalue weighted by molar-refractivity contribution is 5.85. The van der Waals surface area contributed by atoms with Crippen LogP contribution < -0.4 is 10.9 Å². The standard InChI is InChI=1S/C16H17FN2O3/c1-16(2,3)22-15(21)19-13-7-6-10(9-12(13)17)11-5-4-8-18-14(11)20/h4-9H,1-3H3,(H,18,20)(H,19,21). The van der Waals surface area contributed by atoms with Crippen LogP contribution in [0.15, 0.2) is 41.3 Å². The van der Waals surface area contributed by atoms with E-state index in [0.29, 0.717) is 11.1 Å². The van der Waals surface area contributed by atoms with E-state index in [4.69, 9.17) is 4.74 Å². The summed E-state index contributed by atoms with van der Waals surface area (Å²) in [6.07, 6.45) is 0.761. The van der Waals surface area contributed by atoms with Crippen LogP contribution in [-0.4, -0.2) is 16.7 Å². The number of hydrogen-bond acceptors (Lipinski definition) is 3. The van der Waals surface area contributed by atoms with E-state index < -0.39 is 17.5 Å². The molecule has 0 bridgehead atoms. The van der Waals surface area contributed by atoms with E-state index in [1.807, 2.05) is 0 Å². The molecule has 0 radical (unpaired) electrons. The Kier molecular flexibility index (Phi) is 4.30. The molecule has 22 heavy (non-hydrogen) atoms. The molecule has 0 spiro atoms. The molecule has 0 aliphatic carbocycles.